The van der Waals surface area contributed by atoms with Crippen molar-refractivity contribution in [1.29, 1.82) is 0 Å². The molecule has 1 aromatic rings. The van der Waals surface area contributed by atoms with Crippen molar-refractivity contribution in [2.24, 2.45) is 0 Å². The van der Waals surface area contributed by atoms with E-state index in [2.05, 4.69) is 40.7 Å². The molecule has 0 bridgehead atoms. The molecule has 2 heterocycles. The van der Waals surface area contributed by atoms with E-state index in [-0.39, 0.29) is 0 Å². The third kappa shape index (κ3) is 2.28. The summed E-state index contributed by atoms with van der Waals surface area (Å²) in [5.74, 6) is 2.55. The molecule has 1 saturated heterocycles. The molecule has 0 saturated carbocycles. The van der Waals surface area contributed by atoms with E-state index in [0.717, 1.165) is 0 Å². The van der Waals surface area contributed by atoms with Crippen molar-refractivity contribution in [3.05, 3.63) is 30.1 Å². The van der Waals surface area contributed by atoms with Crippen LogP contribution in [0.5, 0.6) is 0 Å². The summed E-state index contributed by atoms with van der Waals surface area (Å²) in [7, 11) is 0. The Hall–Kier alpha value is -0.540. The molecule has 76 valence electrons. The molecule has 1 unspecified atom stereocenters. The van der Waals surface area contributed by atoms with E-state index < -0.39 is 0 Å². The van der Waals surface area contributed by atoms with Gasteiger partial charge >= 0.3 is 0 Å². The highest BCUT2D eigenvalue weighted by atomic mass is 32.2. The molecule has 0 amide bonds. The topological polar surface area (TPSA) is 16.1 Å². The molecule has 14 heavy (non-hydrogen) atoms. The molecule has 0 aliphatic carbocycles. The average Bonchev–Trinajstić information content (AvgIpc) is 2.30. The molecule has 1 fully saturated rings. The van der Waals surface area contributed by atoms with Crippen LogP contribution in [0.1, 0.15) is 18.5 Å². The molecular formula is C11H16N2S. The third-order valence-electron chi connectivity index (χ3n) is 2.78. The van der Waals surface area contributed by atoms with Crippen LogP contribution in [0.2, 0.25) is 0 Å². The van der Waals surface area contributed by atoms with E-state index in [1.807, 2.05) is 12.4 Å². The van der Waals surface area contributed by atoms with Crippen LogP contribution in [-0.4, -0.2) is 34.5 Å². The Morgan fingerprint density at radius 2 is 1.93 bits per heavy atom. The molecule has 0 radical (unpaired) electrons. The summed E-state index contributed by atoms with van der Waals surface area (Å²) in [5, 5.41) is 0. The Kier molecular flexibility index (Phi) is 3.43. The molecule has 2 rings (SSSR count). The zero-order valence-corrected chi connectivity index (χ0v) is 9.33. The molecule has 0 spiro atoms. The van der Waals surface area contributed by atoms with Crippen molar-refractivity contribution in [2.75, 3.05) is 24.6 Å². The number of pyridine rings is 1. The van der Waals surface area contributed by atoms with Gasteiger partial charge in [0.15, 0.2) is 0 Å². The minimum atomic E-state index is 0.541. The number of nitrogens with zero attached hydrogens (tertiary/aromatic N) is 2. The van der Waals surface area contributed by atoms with E-state index >= 15 is 0 Å². The fourth-order valence-electron chi connectivity index (χ4n) is 1.82. The van der Waals surface area contributed by atoms with Gasteiger partial charge in [0.05, 0.1) is 0 Å². The lowest BCUT2D eigenvalue weighted by Crippen LogP contribution is -2.34. The standard InChI is InChI=1S/C11H16N2S/c1-10(11-2-4-12-5-3-11)13-6-8-14-9-7-13/h2-5,10H,6-9H2,1H3. The molecule has 1 aliphatic heterocycles. The lowest BCUT2D eigenvalue weighted by atomic mass is 10.1. The fourth-order valence-corrected chi connectivity index (χ4v) is 2.75. The second-order valence-corrected chi connectivity index (χ2v) is 4.83. The highest BCUT2D eigenvalue weighted by Crippen LogP contribution is 2.22. The second-order valence-electron chi connectivity index (χ2n) is 3.60. The van der Waals surface area contributed by atoms with Gasteiger partial charge in [-0.05, 0) is 24.6 Å². The molecule has 2 nitrogen and oxygen atoms in total. The van der Waals surface area contributed by atoms with E-state index in [4.69, 9.17) is 0 Å². The Morgan fingerprint density at radius 1 is 1.29 bits per heavy atom. The first kappa shape index (κ1) is 9.99. The van der Waals surface area contributed by atoms with E-state index in [1.54, 1.807) is 0 Å². The van der Waals surface area contributed by atoms with Crippen LogP contribution in [0.4, 0.5) is 0 Å². The summed E-state index contributed by atoms with van der Waals surface area (Å²) >= 11 is 2.06. The third-order valence-corrected chi connectivity index (χ3v) is 3.72. The first-order valence-corrected chi connectivity index (χ1v) is 6.25. The van der Waals surface area contributed by atoms with Crippen molar-refractivity contribution in [2.45, 2.75) is 13.0 Å². The Labute approximate surface area is 89.7 Å². The summed E-state index contributed by atoms with van der Waals surface area (Å²) in [4.78, 5) is 6.60. The Balaban J connectivity index is 2.03. The summed E-state index contributed by atoms with van der Waals surface area (Å²) in [5.41, 5.74) is 1.38. The number of rotatable bonds is 2. The van der Waals surface area contributed by atoms with Crippen molar-refractivity contribution in [1.82, 2.24) is 9.88 Å². The van der Waals surface area contributed by atoms with Crippen LogP contribution < -0.4 is 0 Å². The highest BCUT2D eigenvalue weighted by Gasteiger charge is 2.17. The Bertz CT molecular complexity index is 270. The quantitative estimate of drug-likeness (QED) is 0.741. The first-order chi connectivity index (χ1) is 6.88. The molecule has 0 aromatic carbocycles. The maximum atomic E-state index is 4.05. The summed E-state index contributed by atoms with van der Waals surface area (Å²) < 4.78 is 0. The van der Waals surface area contributed by atoms with Crippen molar-refractivity contribution in [3.8, 4) is 0 Å². The van der Waals surface area contributed by atoms with Crippen LogP contribution >= 0.6 is 11.8 Å². The molecule has 1 aromatic heterocycles. The summed E-state index contributed by atoms with van der Waals surface area (Å²) in [6, 6.07) is 4.78. The molecule has 0 N–H and O–H groups in total. The van der Waals surface area contributed by atoms with Crippen LogP contribution in [0.15, 0.2) is 24.5 Å². The summed E-state index contributed by atoms with van der Waals surface area (Å²) in [6.45, 7) is 4.72. The number of thioether (sulfide) groups is 1. The smallest absolute Gasteiger partial charge is 0.0321 e. The minimum Gasteiger partial charge on any atom is -0.295 e. The number of hydrogen-bond donors (Lipinski definition) is 0. The van der Waals surface area contributed by atoms with Crippen LogP contribution in [0.25, 0.3) is 0 Å². The lowest BCUT2D eigenvalue weighted by Gasteiger charge is -2.32. The van der Waals surface area contributed by atoms with Gasteiger partial charge in [-0.1, -0.05) is 0 Å². The van der Waals surface area contributed by atoms with Gasteiger partial charge in [-0.25, -0.2) is 0 Å². The normalized spacial score (nSPS) is 20.6. The average molecular weight is 208 g/mol. The Morgan fingerprint density at radius 3 is 2.57 bits per heavy atom. The SMILES string of the molecule is CC(c1ccncc1)N1CCSCC1. The number of aromatic nitrogens is 1. The predicted molar refractivity (Wildman–Crippen MR) is 61.6 cm³/mol. The van der Waals surface area contributed by atoms with Gasteiger partial charge in [-0.2, -0.15) is 11.8 Å². The predicted octanol–water partition coefficient (Wildman–Crippen LogP) is 2.19. The van der Waals surface area contributed by atoms with Gasteiger partial charge in [-0.3, -0.25) is 9.88 Å². The number of hydrogen-bond acceptors (Lipinski definition) is 3. The van der Waals surface area contributed by atoms with Crippen LogP contribution in [-0.2, 0) is 0 Å². The lowest BCUT2D eigenvalue weighted by molar-refractivity contribution is 0.233. The van der Waals surface area contributed by atoms with Crippen LogP contribution in [0, 0.1) is 0 Å². The van der Waals surface area contributed by atoms with Crippen molar-refractivity contribution >= 4 is 11.8 Å². The van der Waals surface area contributed by atoms with E-state index in [1.165, 1.54) is 30.2 Å². The van der Waals surface area contributed by atoms with Gasteiger partial charge in [0.25, 0.3) is 0 Å². The largest absolute Gasteiger partial charge is 0.295 e. The monoisotopic (exact) mass is 208 g/mol. The molecular weight excluding hydrogens is 192 g/mol. The fraction of sp³-hybridized carbons (Fsp3) is 0.545. The van der Waals surface area contributed by atoms with Gasteiger partial charge in [-0.15, -0.1) is 0 Å². The first-order valence-electron chi connectivity index (χ1n) is 5.09. The van der Waals surface area contributed by atoms with Crippen molar-refractivity contribution < 1.29 is 0 Å². The maximum absolute atomic E-state index is 4.05. The molecule has 1 atom stereocenters. The maximum Gasteiger partial charge on any atom is 0.0321 e. The zero-order valence-electron chi connectivity index (χ0n) is 8.52. The molecule has 1 aliphatic rings. The summed E-state index contributed by atoms with van der Waals surface area (Å²) in [6.07, 6.45) is 3.76. The van der Waals surface area contributed by atoms with Crippen LogP contribution in [0.3, 0.4) is 0 Å². The molecule has 3 heteroatoms. The zero-order chi connectivity index (χ0) is 9.80. The van der Waals surface area contributed by atoms with Gasteiger partial charge in [0.2, 0.25) is 0 Å². The van der Waals surface area contributed by atoms with E-state index in [0.29, 0.717) is 6.04 Å². The van der Waals surface area contributed by atoms with Gasteiger partial charge < -0.3 is 0 Å². The highest BCUT2D eigenvalue weighted by molar-refractivity contribution is 7.99. The second kappa shape index (κ2) is 4.80. The van der Waals surface area contributed by atoms with E-state index in [9.17, 15) is 0 Å². The minimum absolute atomic E-state index is 0.541. The van der Waals surface area contributed by atoms with Gasteiger partial charge in [0, 0.05) is 43.0 Å². The van der Waals surface area contributed by atoms with Crippen molar-refractivity contribution in [3.63, 3.8) is 0 Å². The van der Waals surface area contributed by atoms with Gasteiger partial charge in [0.1, 0.15) is 0 Å².